The minimum Gasteiger partial charge on any atom is -0.481 e. The third-order valence-corrected chi connectivity index (χ3v) is 4.96. The number of carboxylic acid groups (broad SMARTS) is 1. The quantitative estimate of drug-likeness (QED) is 0.831. The number of likely N-dealkylation sites (N-methyl/N-ethyl adjacent to an activating group) is 1. The molecule has 5 nitrogen and oxygen atoms in total. The van der Waals surface area contributed by atoms with E-state index in [1.54, 1.807) is 0 Å². The molecule has 114 valence electrons. The number of carbonyl (C=O) groups excluding carboxylic acids is 1. The normalized spacial score (nSPS) is 25.4. The maximum absolute atomic E-state index is 12.5. The molecule has 0 bridgehead atoms. The molecule has 0 radical (unpaired) electrons. The topological polar surface area (TPSA) is 60.9 Å². The number of hydrogen-bond acceptors (Lipinski definition) is 3. The molecular formula is C15H26N2O3. The first-order valence-corrected chi connectivity index (χ1v) is 7.58. The van der Waals surface area contributed by atoms with Gasteiger partial charge in [0.25, 0.3) is 0 Å². The molecule has 1 saturated heterocycles. The SMILES string of the molecule is CN(C)C1CCN(C(=O)CC2(CC(=O)O)CCCC2)C1. The Hall–Kier alpha value is -1.10. The number of carboxylic acids is 1. The van der Waals surface area contributed by atoms with Crippen LogP contribution >= 0.6 is 0 Å². The van der Waals surface area contributed by atoms with Gasteiger partial charge in [-0.25, -0.2) is 0 Å². The Kier molecular flexibility index (Phi) is 4.68. The van der Waals surface area contributed by atoms with E-state index in [4.69, 9.17) is 5.11 Å². The van der Waals surface area contributed by atoms with Crippen molar-refractivity contribution < 1.29 is 14.7 Å². The predicted octanol–water partition coefficient (Wildman–Crippen LogP) is 1.57. The van der Waals surface area contributed by atoms with Crippen molar-refractivity contribution in [3.05, 3.63) is 0 Å². The number of rotatable bonds is 5. The van der Waals surface area contributed by atoms with Crippen molar-refractivity contribution in [3.63, 3.8) is 0 Å². The summed E-state index contributed by atoms with van der Waals surface area (Å²) in [6.45, 7) is 1.60. The predicted molar refractivity (Wildman–Crippen MR) is 76.4 cm³/mol. The first-order valence-electron chi connectivity index (χ1n) is 7.58. The molecule has 1 heterocycles. The van der Waals surface area contributed by atoms with Gasteiger partial charge in [0.1, 0.15) is 0 Å². The second kappa shape index (κ2) is 6.12. The van der Waals surface area contributed by atoms with Crippen LogP contribution in [0.15, 0.2) is 0 Å². The molecule has 2 aliphatic rings. The smallest absolute Gasteiger partial charge is 0.303 e. The second-order valence-electron chi connectivity index (χ2n) is 6.70. The first kappa shape index (κ1) is 15.3. The molecule has 0 aromatic carbocycles. The summed E-state index contributed by atoms with van der Waals surface area (Å²) in [6, 6.07) is 0.443. The van der Waals surface area contributed by atoms with Gasteiger partial charge in [-0.05, 0) is 38.8 Å². The highest BCUT2D eigenvalue weighted by molar-refractivity contribution is 5.78. The van der Waals surface area contributed by atoms with Crippen molar-refractivity contribution in [2.75, 3.05) is 27.2 Å². The highest BCUT2D eigenvalue weighted by Crippen LogP contribution is 2.44. The largest absolute Gasteiger partial charge is 0.481 e. The Morgan fingerprint density at radius 2 is 1.90 bits per heavy atom. The van der Waals surface area contributed by atoms with Crippen LogP contribution in [0.4, 0.5) is 0 Å². The van der Waals surface area contributed by atoms with E-state index in [-0.39, 0.29) is 17.7 Å². The Balaban J connectivity index is 1.94. The van der Waals surface area contributed by atoms with E-state index in [9.17, 15) is 9.59 Å². The molecule has 0 aromatic heterocycles. The summed E-state index contributed by atoms with van der Waals surface area (Å²) >= 11 is 0. The van der Waals surface area contributed by atoms with Gasteiger partial charge in [-0.2, -0.15) is 0 Å². The number of hydrogen-bond donors (Lipinski definition) is 1. The van der Waals surface area contributed by atoms with Gasteiger partial charge in [-0.15, -0.1) is 0 Å². The van der Waals surface area contributed by atoms with E-state index in [1.165, 1.54) is 0 Å². The van der Waals surface area contributed by atoms with Crippen LogP contribution in [0.25, 0.3) is 0 Å². The Morgan fingerprint density at radius 3 is 2.40 bits per heavy atom. The number of likely N-dealkylation sites (tertiary alicyclic amines) is 1. The molecule has 20 heavy (non-hydrogen) atoms. The second-order valence-corrected chi connectivity index (χ2v) is 6.70. The summed E-state index contributed by atoms with van der Waals surface area (Å²) in [7, 11) is 4.09. The molecule has 2 fully saturated rings. The summed E-state index contributed by atoms with van der Waals surface area (Å²) in [5, 5.41) is 9.10. The lowest BCUT2D eigenvalue weighted by Crippen LogP contribution is -2.37. The third-order valence-electron chi connectivity index (χ3n) is 4.96. The third kappa shape index (κ3) is 3.51. The highest BCUT2D eigenvalue weighted by Gasteiger charge is 2.40. The molecule has 1 unspecified atom stereocenters. The van der Waals surface area contributed by atoms with E-state index >= 15 is 0 Å². The summed E-state index contributed by atoms with van der Waals surface area (Å²) in [5.74, 6) is -0.621. The maximum atomic E-state index is 12.5. The molecule has 1 saturated carbocycles. The molecule has 1 atom stereocenters. The standard InChI is InChI=1S/C15H26N2O3/c1-16(2)12-5-8-17(11-12)13(18)9-15(10-14(19)20)6-3-4-7-15/h12H,3-11H2,1-2H3,(H,19,20). The van der Waals surface area contributed by atoms with E-state index in [1.807, 2.05) is 19.0 Å². The van der Waals surface area contributed by atoms with Crippen molar-refractivity contribution in [1.29, 1.82) is 0 Å². The van der Waals surface area contributed by atoms with E-state index in [0.717, 1.165) is 45.2 Å². The average molecular weight is 282 g/mol. The number of aliphatic carboxylic acids is 1. The fraction of sp³-hybridized carbons (Fsp3) is 0.867. The van der Waals surface area contributed by atoms with Gasteiger partial charge in [-0.3, -0.25) is 9.59 Å². The summed E-state index contributed by atoms with van der Waals surface area (Å²) in [4.78, 5) is 27.6. The van der Waals surface area contributed by atoms with Gasteiger partial charge in [0.15, 0.2) is 0 Å². The highest BCUT2D eigenvalue weighted by atomic mass is 16.4. The fourth-order valence-corrected chi connectivity index (χ4v) is 3.68. The van der Waals surface area contributed by atoms with Crippen LogP contribution in [0, 0.1) is 5.41 Å². The summed E-state index contributed by atoms with van der Waals surface area (Å²) in [6.07, 6.45) is 5.46. The van der Waals surface area contributed by atoms with Gasteiger partial charge < -0.3 is 14.9 Å². The lowest BCUT2D eigenvalue weighted by atomic mass is 9.79. The van der Waals surface area contributed by atoms with Gasteiger partial charge in [0, 0.05) is 25.6 Å². The van der Waals surface area contributed by atoms with Gasteiger partial charge >= 0.3 is 5.97 Å². The van der Waals surface area contributed by atoms with E-state index < -0.39 is 5.97 Å². The number of amides is 1. The fourth-order valence-electron chi connectivity index (χ4n) is 3.68. The zero-order valence-electron chi connectivity index (χ0n) is 12.6. The van der Waals surface area contributed by atoms with E-state index in [2.05, 4.69) is 4.90 Å². The van der Waals surface area contributed by atoms with Gasteiger partial charge in [0.05, 0.1) is 6.42 Å². The molecule has 1 aliphatic heterocycles. The van der Waals surface area contributed by atoms with Crippen LogP contribution in [-0.2, 0) is 9.59 Å². The number of carbonyl (C=O) groups is 2. The number of nitrogens with zero attached hydrogens (tertiary/aromatic N) is 2. The zero-order valence-corrected chi connectivity index (χ0v) is 12.6. The summed E-state index contributed by atoms with van der Waals surface area (Å²) in [5.41, 5.74) is -0.279. The van der Waals surface area contributed by atoms with Crippen LogP contribution < -0.4 is 0 Å². The van der Waals surface area contributed by atoms with Crippen molar-refractivity contribution in [2.45, 2.75) is 51.0 Å². The lowest BCUT2D eigenvalue weighted by molar-refractivity contribution is -0.141. The van der Waals surface area contributed by atoms with Crippen LogP contribution in [0.3, 0.4) is 0 Å². The van der Waals surface area contributed by atoms with Gasteiger partial charge in [-0.1, -0.05) is 12.8 Å². The molecule has 2 rings (SSSR count). The van der Waals surface area contributed by atoms with Crippen molar-refractivity contribution in [3.8, 4) is 0 Å². The van der Waals surface area contributed by atoms with Crippen LogP contribution in [0.2, 0.25) is 0 Å². The monoisotopic (exact) mass is 282 g/mol. The summed E-state index contributed by atoms with van der Waals surface area (Å²) < 4.78 is 0. The van der Waals surface area contributed by atoms with Crippen LogP contribution in [0.5, 0.6) is 0 Å². The molecular weight excluding hydrogens is 256 g/mol. The van der Waals surface area contributed by atoms with Crippen molar-refractivity contribution in [2.24, 2.45) is 5.41 Å². The molecule has 0 aromatic rings. The minimum atomic E-state index is -0.771. The molecule has 1 aliphatic carbocycles. The Labute approximate surface area is 120 Å². The lowest BCUT2D eigenvalue weighted by Gasteiger charge is -2.29. The van der Waals surface area contributed by atoms with Crippen LogP contribution in [-0.4, -0.2) is 60.0 Å². The minimum absolute atomic E-state index is 0.143. The van der Waals surface area contributed by atoms with Crippen molar-refractivity contribution >= 4 is 11.9 Å². The van der Waals surface area contributed by atoms with Gasteiger partial charge in [0.2, 0.25) is 5.91 Å². The zero-order chi connectivity index (χ0) is 14.8. The van der Waals surface area contributed by atoms with Crippen LogP contribution in [0.1, 0.15) is 44.9 Å². The molecule has 1 amide bonds. The average Bonchev–Trinajstić information content (AvgIpc) is 2.96. The first-order chi connectivity index (χ1) is 9.42. The van der Waals surface area contributed by atoms with Crippen molar-refractivity contribution in [1.82, 2.24) is 9.80 Å². The molecule has 0 spiro atoms. The Bertz CT molecular complexity index is 375. The molecule has 5 heteroatoms. The molecule has 1 N–H and O–H groups in total. The van der Waals surface area contributed by atoms with E-state index in [0.29, 0.717) is 12.5 Å². The maximum Gasteiger partial charge on any atom is 0.303 e. The Morgan fingerprint density at radius 1 is 1.25 bits per heavy atom.